The number of nitrogens with one attached hydrogen (secondary N) is 1. The van der Waals surface area contributed by atoms with E-state index in [1.807, 2.05) is 0 Å². The third kappa shape index (κ3) is 5.54. The Kier molecular flexibility index (Phi) is 6.07. The largest absolute Gasteiger partial charge is 0.371 e. The second-order valence-electron chi connectivity index (χ2n) is 7.17. The lowest BCUT2D eigenvalue weighted by molar-refractivity contribution is 0.424. The smallest absolute Gasteiger partial charge is 0.0412 e. The van der Waals surface area contributed by atoms with Crippen molar-refractivity contribution in [2.45, 2.75) is 60.5 Å². The maximum atomic E-state index is 3.61. The number of nitrogens with zero attached hydrogens (tertiary/aromatic N) is 1. The zero-order valence-electron chi connectivity index (χ0n) is 14.4. The zero-order valence-corrected chi connectivity index (χ0v) is 14.4. The van der Waals surface area contributed by atoms with Gasteiger partial charge in [0.25, 0.3) is 0 Å². The summed E-state index contributed by atoms with van der Waals surface area (Å²) in [6.07, 6.45) is 0. The topological polar surface area (TPSA) is 15.3 Å². The Morgan fingerprint density at radius 3 is 2.35 bits per heavy atom. The summed E-state index contributed by atoms with van der Waals surface area (Å²) < 4.78 is 0. The Bertz CT molecular complexity index is 416. The minimum atomic E-state index is 0.149. The highest BCUT2D eigenvalue weighted by Gasteiger charge is 2.14. The highest BCUT2D eigenvalue weighted by atomic mass is 15.1. The molecule has 0 heterocycles. The molecule has 0 aliphatic rings. The standard InChI is InChI=1S/C18H32N2/c1-8-20(13-14(2)3)17-10-9-15(4)11-16(17)12-19-18(5,6)7/h9-11,14,19H,8,12-13H2,1-7H3. The summed E-state index contributed by atoms with van der Waals surface area (Å²) in [4.78, 5) is 2.49. The fourth-order valence-corrected chi connectivity index (χ4v) is 2.36. The van der Waals surface area contributed by atoms with Gasteiger partial charge >= 0.3 is 0 Å². The quantitative estimate of drug-likeness (QED) is 0.830. The van der Waals surface area contributed by atoms with Gasteiger partial charge in [-0.15, -0.1) is 0 Å². The van der Waals surface area contributed by atoms with Gasteiger partial charge in [-0.1, -0.05) is 31.5 Å². The molecule has 0 saturated carbocycles. The van der Waals surface area contributed by atoms with Gasteiger partial charge in [-0.2, -0.15) is 0 Å². The number of rotatable bonds is 6. The first-order valence-electron chi connectivity index (χ1n) is 7.82. The summed E-state index contributed by atoms with van der Waals surface area (Å²) in [5.74, 6) is 0.680. The molecule has 1 aromatic rings. The van der Waals surface area contributed by atoms with Crippen LogP contribution in [0.4, 0.5) is 5.69 Å². The molecule has 20 heavy (non-hydrogen) atoms. The molecule has 0 saturated heterocycles. The van der Waals surface area contributed by atoms with Crippen molar-refractivity contribution < 1.29 is 0 Å². The molecule has 0 bridgehead atoms. The van der Waals surface area contributed by atoms with Crippen LogP contribution in [-0.2, 0) is 6.54 Å². The Morgan fingerprint density at radius 2 is 1.85 bits per heavy atom. The predicted molar refractivity (Wildman–Crippen MR) is 90.5 cm³/mol. The molecule has 0 aliphatic carbocycles. The third-order valence-corrected chi connectivity index (χ3v) is 3.35. The summed E-state index contributed by atoms with van der Waals surface area (Å²) in [6, 6.07) is 6.82. The highest BCUT2D eigenvalue weighted by Crippen LogP contribution is 2.23. The molecule has 0 aliphatic heterocycles. The van der Waals surface area contributed by atoms with E-state index in [4.69, 9.17) is 0 Å². The molecule has 0 spiro atoms. The Balaban J connectivity index is 2.99. The van der Waals surface area contributed by atoms with Gasteiger partial charge in [-0.3, -0.25) is 0 Å². The molecule has 114 valence electrons. The van der Waals surface area contributed by atoms with Crippen molar-refractivity contribution in [3.8, 4) is 0 Å². The van der Waals surface area contributed by atoms with E-state index in [2.05, 4.69) is 76.9 Å². The van der Waals surface area contributed by atoms with Gasteiger partial charge in [0.2, 0.25) is 0 Å². The van der Waals surface area contributed by atoms with E-state index in [-0.39, 0.29) is 5.54 Å². The number of benzene rings is 1. The Labute approximate surface area is 125 Å². The van der Waals surface area contributed by atoms with Crippen LogP contribution in [-0.4, -0.2) is 18.6 Å². The summed E-state index contributed by atoms with van der Waals surface area (Å²) >= 11 is 0. The van der Waals surface area contributed by atoms with Crippen molar-refractivity contribution in [3.63, 3.8) is 0 Å². The molecule has 0 fully saturated rings. The number of hydrogen-bond donors (Lipinski definition) is 1. The number of anilines is 1. The first-order valence-corrected chi connectivity index (χ1v) is 7.82. The van der Waals surface area contributed by atoms with Gasteiger partial charge in [0, 0.05) is 30.9 Å². The van der Waals surface area contributed by atoms with Crippen molar-refractivity contribution in [1.29, 1.82) is 0 Å². The average Bonchev–Trinajstić information content (AvgIpc) is 2.33. The molecule has 0 atom stereocenters. The van der Waals surface area contributed by atoms with Gasteiger partial charge in [0.15, 0.2) is 0 Å². The number of hydrogen-bond acceptors (Lipinski definition) is 2. The predicted octanol–water partition coefficient (Wildman–Crippen LogP) is 4.37. The molecule has 1 N–H and O–H groups in total. The lowest BCUT2D eigenvalue weighted by Crippen LogP contribution is -2.36. The highest BCUT2D eigenvalue weighted by molar-refractivity contribution is 5.55. The second-order valence-corrected chi connectivity index (χ2v) is 7.17. The molecule has 0 radical (unpaired) electrons. The summed E-state index contributed by atoms with van der Waals surface area (Å²) in [7, 11) is 0. The minimum absolute atomic E-state index is 0.149. The third-order valence-electron chi connectivity index (χ3n) is 3.35. The zero-order chi connectivity index (χ0) is 15.3. The molecule has 0 aromatic heterocycles. The van der Waals surface area contributed by atoms with Crippen LogP contribution in [0.15, 0.2) is 18.2 Å². The van der Waals surface area contributed by atoms with Crippen LogP contribution in [0, 0.1) is 12.8 Å². The lowest BCUT2D eigenvalue weighted by atomic mass is 10.0. The number of aryl methyl sites for hydroxylation is 1. The summed E-state index contributed by atoms with van der Waals surface area (Å²) in [6.45, 7) is 18.7. The lowest BCUT2D eigenvalue weighted by Gasteiger charge is -2.29. The van der Waals surface area contributed by atoms with Crippen molar-refractivity contribution in [3.05, 3.63) is 29.3 Å². The fraction of sp³-hybridized carbons (Fsp3) is 0.667. The van der Waals surface area contributed by atoms with E-state index in [9.17, 15) is 0 Å². The molecule has 2 heteroatoms. The molecule has 1 rings (SSSR count). The van der Waals surface area contributed by atoms with E-state index in [0.717, 1.165) is 19.6 Å². The maximum Gasteiger partial charge on any atom is 0.0412 e. The average molecular weight is 276 g/mol. The van der Waals surface area contributed by atoms with Crippen LogP contribution in [0.1, 0.15) is 52.7 Å². The van der Waals surface area contributed by atoms with E-state index >= 15 is 0 Å². The van der Waals surface area contributed by atoms with Gasteiger partial charge in [-0.25, -0.2) is 0 Å². The summed E-state index contributed by atoms with van der Waals surface area (Å²) in [5.41, 5.74) is 4.27. The maximum absolute atomic E-state index is 3.61. The van der Waals surface area contributed by atoms with Gasteiger partial charge in [0.05, 0.1) is 0 Å². The van der Waals surface area contributed by atoms with E-state index in [1.54, 1.807) is 0 Å². The van der Waals surface area contributed by atoms with E-state index in [1.165, 1.54) is 16.8 Å². The molecule has 0 unspecified atom stereocenters. The van der Waals surface area contributed by atoms with E-state index in [0.29, 0.717) is 5.92 Å². The van der Waals surface area contributed by atoms with Crippen molar-refractivity contribution in [1.82, 2.24) is 5.32 Å². The van der Waals surface area contributed by atoms with E-state index < -0.39 is 0 Å². The van der Waals surface area contributed by atoms with Gasteiger partial charge in [-0.05, 0) is 52.2 Å². The molecule has 1 aromatic carbocycles. The molecular weight excluding hydrogens is 244 g/mol. The van der Waals surface area contributed by atoms with Crippen LogP contribution in [0.2, 0.25) is 0 Å². The Morgan fingerprint density at radius 1 is 1.20 bits per heavy atom. The van der Waals surface area contributed by atoms with Crippen molar-refractivity contribution >= 4 is 5.69 Å². The first kappa shape index (κ1) is 17.0. The van der Waals surface area contributed by atoms with Crippen molar-refractivity contribution in [2.24, 2.45) is 5.92 Å². The van der Waals surface area contributed by atoms with Crippen molar-refractivity contribution in [2.75, 3.05) is 18.0 Å². The van der Waals surface area contributed by atoms with Crippen LogP contribution in [0.5, 0.6) is 0 Å². The summed E-state index contributed by atoms with van der Waals surface area (Å²) in [5, 5.41) is 3.61. The SMILES string of the molecule is CCN(CC(C)C)c1ccc(C)cc1CNC(C)(C)C. The molecule has 2 nitrogen and oxygen atoms in total. The fourth-order valence-electron chi connectivity index (χ4n) is 2.36. The second kappa shape index (κ2) is 7.12. The van der Waals surface area contributed by atoms with Gasteiger partial charge in [0.1, 0.15) is 0 Å². The van der Waals surface area contributed by atoms with Gasteiger partial charge < -0.3 is 10.2 Å². The first-order chi connectivity index (χ1) is 9.23. The Hall–Kier alpha value is -1.02. The van der Waals surface area contributed by atoms with Crippen LogP contribution < -0.4 is 10.2 Å². The van der Waals surface area contributed by atoms with Crippen LogP contribution in [0.25, 0.3) is 0 Å². The normalized spacial score (nSPS) is 12.0. The molecule has 0 amide bonds. The minimum Gasteiger partial charge on any atom is -0.371 e. The van der Waals surface area contributed by atoms with Crippen LogP contribution >= 0.6 is 0 Å². The molecular formula is C18H32N2. The van der Waals surface area contributed by atoms with Crippen LogP contribution in [0.3, 0.4) is 0 Å². The monoisotopic (exact) mass is 276 g/mol.